The minimum Gasteiger partial charge on any atom is -0.444 e. The van der Waals surface area contributed by atoms with E-state index in [1.807, 2.05) is 42.5 Å². The summed E-state index contributed by atoms with van der Waals surface area (Å²) in [5.74, 6) is 6.03. The van der Waals surface area contributed by atoms with E-state index >= 15 is 0 Å². The monoisotopic (exact) mass is 581 g/mol. The summed E-state index contributed by atoms with van der Waals surface area (Å²) in [6.45, 7) is 5.89. The highest BCUT2D eigenvalue weighted by Gasteiger charge is 2.36. The predicted octanol–water partition coefficient (Wildman–Crippen LogP) is 5.14. The second-order valence-corrected chi connectivity index (χ2v) is 11.4. The van der Waals surface area contributed by atoms with Crippen molar-refractivity contribution in [2.75, 3.05) is 17.7 Å². The maximum absolute atomic E-state index is 13.0. The number of carbonyl (C=O) groups excluding carboxylic acids is 3. The number of rotatable bonds is 6. The van der Waals surface area contributed by atoms with E-state index in [4.69, 9.17) is 21.3 Å². The van der Waals surface area contributed by atoms with Gasteiger partial charge in [-0.2, -0.15) is 0 Å². The lowest BCUT2D eigenvalue weighted by molar-refractivity contribution is 0.00821. The van der Waals surface area contributed by atoms with Crippen LogP contribution in [0.4, 0.5) is 10.6 Å². The summed E-state index contributed by atoms with van der Waals surface area (Å²) in [5, 5.41) is 2.83. The van der Waals surface area contributed by atoms with Crippen molar-refractivity contribution in [2.24, 2.45) is 5.73 Å². The molecule has 3 amide bonds. The molecule has 1 saturated heterocycles. The van der Waals surface area contributed by atoms with Crippen molar-refractivity contribution >= 4 is 23.7 Å². The molecule has 1 aliphatic rings. The van der Waals surface area contributed by atoms with Gasteiger partial charge in [0.1, 0.15) is 17.1 Å². The fourth-order valence-electron chi connectivity index (χ4n) is 5.14. The van der Waals surface area contributed by atoms with Gasteiger partial charge in [-0.25, -0.2) is 19.4 Å². The van der Waals surface area contributed by atoms with Crippen molar-refractivity contribution in [2.45, 2.75) is 51.7 Å². The van der Waals surface area contributed by atoms with Crippen molar-refractivity contribution in [1.29, 1.82) is 0 Å². The van der Waals surface area contributed by atoms with E-state index in [0.717, 1.165) is 28.6 Å². The molecule has 43 heavy (non-hydrogen) atoms. The van der Waals surface area contributed by atoms with Gasteiger partial charge < -0.3 is 21.6 Å². The van der Waals surface area contributed by atoms with Crippen LogP contribution in [0.5, 0.6) is 0 Å². The zero-order valence-corrected chi connectivity index (χ0v) is 24.4. The molecule has 1 atom stereocenters. The number of carbonyl (C=O) groups is 3. The third-order valence-electron chi connectivity index (χ3n) is 7.13. The number of pyridine rings is 1. The minimum atomic E-state index is -0.762. The molecule has 2 aromatic heterocycles. The highest BCUT2D eigenvalue weighted by molar-refractivity contribution is 6.04. The number of hydrogen-bond acceptors (Lipinski definition) is 7. The summed E-state index contributed by atoms with van der Waals surface area (Å²) in [5.41, 5.74) is 8.20. The maximum atomic E-state index is 13.0. The van der Waals surface area contributed by atoms with Crippen LogP contribution < -0.4 is 16.9 Å². The summed E-state index contributed by atoms with van der Waals surface area (Å²) >= 11 is 0. The number of nitrogens with two attached hydrogens (primary N) is 2. The molecular formula is C32H35N7O4. The number of nitrogen functional groups attached to an aromatic ring is 1. The SMILES string of the molecule is CC(C)(C)OC(=O)N1CCCCC1c1nc(-c2ccc(C(=O)Nc3cc(-c4ccccc4)ccn3)cc2)c(C(N)=O)n1N. The molecule has 0 saturated carbocycles. The van der Waals surface area contributed by atoms with Crippen LogP contribution in [-0.2, 0) is 4.74 Å². The number of hydrogen-bond donors (Lipinski definition) is 3. The van der Waals surface area contributed by atoms with Gasteiger partial charge in [0.05, 0.1) is 6.04 Å². The third kappa shape index (κ3) is 6.50. The number of nitrogens with one attached hydrogen (secondary N) is 1. The quantitative estimate of drug-likeness (QED) is 0.266. The van der Waals surface area contributed by atoms with Gasteiger partial charge in [-0.05, 0) is 75.4 Å². The summed E-state index contributed by atoms with van der Waals surface area (Å²) < 4.78 is 6.78. The van der Waals surface area contributed by atoms with E-state index in [2.05, 4.69) is 10.3 Å². The molecule has 4 aromatic rings. The number of piperidine rings is 1. The van der Waals surface area contributed by atoms with Crippen LogP contribution in [0.3, 0.4) is 0 Å². The van der Waals surface area contributed by atoms with E-state index in [0.29, 0.717) is 35.7 Å². The van der Waals surface area contributed by atoms with Crippen molar-refractivity contribution < 1.29 is 19.1 Å². The molecule has 2 aromatic carbocycles. The van der Waals surface area contributed by atoms with Crippen LogP contribution in [0.2, 0.25) is 0 Å². The number of nitrogens with zero attached hydrogens (tertiary/aromatic N) is 4. The first-order chi connectivity index (χ1) is 20.5. The maximum Gasteiger partial charge on any atom is 0.410 e. The van der Waals surface area contributed by atoms with E-state index in [-0.39, 0.29) is 17.3 Å². The second-order valence-electron chi connectivity index (χ2n) is 11.4. The summed E-state index contributed by atoms with van der Waals surface area (Å²) in [6, 6.07) is 19.6. The highest BCUT2D eigenvalue weighted by atomic mass is 16.6. The number of ether oxygens (including phenoxy) is 1. The number of amides is 3. The van der Waals surface area contributed by atoms with Crippen LogP contribution >= 0.6 is 0 Å². The molecule has 5 rings (SSSR count). The molecule has 1 fully saturated rings. The molecule has 1 unspecified atom stereocenters. The van der Waals surface area contributed by atoms with Gasteiger partial charge in [0.15, 0.2) is 11.5 Å². The standard InChI is InChI=1S/C32H35N7O4/c1-32(2,3)43-31(42)38-18-8-7-11-24(38)29-37-26(27(28(33)40)39(29)34)21-12-14-22(15-13-21)30(41)36-25-19-23(16-17-35-25)20-9-5-4-6-10-20/h4-6,9-10,12-17,19,24H,7-8,11,18,34H2,1-3H3,(H2,33,40)(H,35,36,41). The molecule has 3 heterocycles. The Morgan fingerprint density at radius 2 is 1.67 bits per heavy atom. The molecule has 0 spiro atoms. The lowest BCUT2D eigenvalue weighted by Crippen LogP contribution is -2.43. The number of benzene rings is 2. The van der Waals surface area contributed by atoms with Crippen molar-refractivity contribution in [3.05, 3.63) is 90.0 Å². The van der Waals surface area contributed by atoms with Gasteiger partial charge in [0, 0.05) is 23.9 Å². The molecule has 1 aliphatic heterocycles. The number of anilines is 1. The Balaban J connectivity index is 1.39. The first kappa shape index (κ1) is 29.3. The number of aromatic nitrogens is 3. The van der Waals surface area contributed by atoms with Gasteiger partial charge in [-0.1, -0.05) is 42.5 Å². The molecule has 11 nitrogen and oxygen atoms in total. The number of imidazole rings is 1. The second kappa shape index (κ2) is 12.0. The van der Waals surface area contributed by atoms with Crippen molar-refractivity contribution in [3.63, 3.8) is 0 Å². The van der Waals surface area contributed by atoms with E-state index < -0.39 is 23.6 Å². The summed E-state index contributed by atoms with van der Waals surface area (Å²) in [7, 11) is 0. The zero-order valence-electron chi connectivity index (χ0n) is 24.4. The Hall–Kier alpha value is -5.19. The molecule has 0 bridgehead atoms. The Morgan fingerprint density at radius 3 is 2.35 bits per heavy atom. The molecule has 5 N–H and O–H groups in total. The molecule has 11 heteroatoms. The first-order valence-electron chi connectivity index (χ1n) is 14.1. The predicted molar refractivity (Wildman–Crippen MR) is 163 cm³/mol. The Labute approximate surface area is 249 Å². The molecule has 0 radical (unpaired) electrons. The largest absolute Gasteiger partial charge is 0.444 e. The Bertz CT molecular complexity index is 1640. The van der Waals surface area contributed by atoms with Gasteiger partial charge in [-0.3, -0.25) is 14.5 Å². The summed E-state index contributed by atoms with van der Waals surface area (Å²) in [6.07, 6.45) is 3.44. The lowest BCUT2D eigenvalue weighted by Gasteiger charge is -2.36. The van der Waals surface area contributed by atoms with Crippen molar-refractivity contribution in [3.8, 4) is 22.4 Å². The number of primary amides is 1. The fourth-order valence-corrected chi connectivity index (χ4v) is 5.14. The van der Waals surface area contributed by atoms with E-state index in [1.54, 1.807) is 56.1 Å². The van der Waals surface area contributed by atoms with Gasteiger partial charge >= 0.3 is 6.09 Å². The van der Waals surface area contributed by atoms with Crippen LogP contribution in [-0.4, -0.2) is 49.6 Å². The van der Waals surface area contributed by atoms with E-state index in [1.165, 1.54) is 0 Å². The highest BCUT2D eigenvalue weighted by Crippen LogP contribution is 2.34. The first-order valence-corrected chi connectivity index (χ1v) is 14.1. The van der Waals surface area contributed by atoms with Crippen LogP contribution in [0.25, 0.3) is 22.4 Å². The van der Waals surface area contributed by atoms with Gasteiger partial charge in [0.2, 0.25) is 0 Å². The Kier molecular flexibility index (Phi) is 8.16. The summed E-state index contributed by atoms with van der Waals surface area (Å²) in [4.78, 5) is 49.2. The third-order valence-corrected chi connectivity index (χ3v) is 7.13. The smallest absolute Gasteiger partial charge is 0.410 e. The van der Waals surface area contributed by atoms with E-state index in [9.17, 15) is 14.4 Å². The zero-order chi connectivity index (χ0) is 30.7. The molecule has 0 aliphatic carbocycles. The van der Waals surface area contributed by atoms with Crippen LogP contribution in [0, 0.1) is 0 Å². The normalized spacial score (nSPS) is 15.1. The molecule has 222 valence electrons. The lowest BCUT2D eigenvalue weighted by atomic mass is 10.0. The van der Waals surface area contributed by atoms with Crippen molar-refractivity contribution in [1.82, 2.24) is 19.5 Å². The van der Waals surface area contributed by atoms with Crippen LogP contribution in [0.1, 0.15) is 72.7 Å². The fraction of sp³-hybridized carbons (Fsp3) is 0.281. The van der Waals surface area contributed by atoms with Crippen LogP contribution in [0.15, 0.2) is 72.9 Å². The topological polar surface area (TPSA) is 158 Å². The molecular weight excluding hydrogens is 546 g/mol. The average Bonchev–Trinajstić information content (AvgIpc) is 3.34. The van der Waals surface area contributed by atoms with Gasteiger partial charge in [-0.15, -0.1) is 0 Å². The average molecular weight is 582 g/mol. The minimum absolute atomic E-state index is 0.00356. The van der Waals surface area contributed by atoms with Gasteiger partial charge in [0.25, 0.3) is 11.8 Å². The number of likely N-dealkylation sites (tertiary alicyclic amines) is 1. The Morgan fingerprint density at radius 1 is 0.953 bits per heavy atom.